The van der Waals surface area contributed by atoms with E-state index in [1.807, 2.05) is 0 Å². The third kappa shape index (κ3) is 7.62. The molecule has 0 rings (SSSR count). The van der Waals surface area contributed by atoms with E-state index in [1.54, 1.807) is 0 Å². The van der Waals surface area contributed by atoms with E-state index >= 15 is 0 Å². The fourth-order valence-corrected chi connectivity index (χ4v) is 17.2. The van der Waals surface area contributed by atoms with Gasteiger partial charge in [-0.15, -0.1) is 0 Å². The van der Waals surface area contributed by atoms with Crippen LogP contribution in [0.15, 0.2) is 10.4 Å². The van der Waals surface area contributed by atoms with Crippen molar-refractivity contribution in [3.05, 3.63) is 10.4 Å². The van der Waals surface area contributed by atoms with Gasteiger partial charge in [-0.3, -0.25) is 0 Å². The second-order valence-corrected chi connectivity index (χ2v) is 19.0. The van der Waals surface area contributed by atoms with Crippen LogP contribution >= 0.6 is 0 Å². The molecule has 0 heterocycles. The minimum atomic E-state index is -2.27. The summed E-state index contributed by atoms with van der Waals surface area (Å²) in [5.41, 5.74) is 0. The number of hydrogen-bond acceptors (Lipinski definition) is 1. The maximum atomic E-state index is 5.93. The molecular formula is C17H36OSn. The predicted molar refractivity (Wildman–Crippen MR) is 90.3 cm³/mol. The minimum absolute atomic E-state index is 0.809. The van der Waals surface area contributed by atoms with E-state index in [2.05, 4.69) is 34.3 Å². The van der Waals surface area contributed by atoms with Crippen molar-refractivity contribution in [3.63, 3.8) is 0 Å². The molecule has 1 nitrogen and oxygen atoms in total. The number of hydrogen-bond donors (Lipinski definition) is 0. The van der Waals surface area contributed by atoms with Crippen molar-refractivity contribution < 1.29 is 4.74 Å². The summed E-state index contributed by atoms with van der Waals surface area (Å²) in [5.74, 6) is 0. The molecule has 0 aromatic heterocycles. The Bertz CT molecular complexity index is 217. The van der Waals surface area contributed by atoms with E-state index in [0.717, 1.165) is 6.61 Å². The molecular weight excluding hydrogens is 339 g/mol. The Morgan fingerprint density at radius 3 is 1.68 bits per heavy atom. The van der Waals surface area contributed by atoms with Crippen LogP contribution in [0.4, 0.5) is 0 Å². The molecule has 0 aliphatic heterocycles. The van der Waals surface area contributed by atoms with Crippen molar-refractivity contribution >= 4 is 18.4 Å². The summed E-state index contributed by atoms with van der Waals surface area (Å²) >= 11 is -2.27. The van der Waals surface area contributed by atoms with Crippen LogP contribution in [0.2, 0.25) is 13.3 Å². The first-order chi connectivity index (χ1) is 9.16. The van der Waals surface area contributed by atoms with E-state index < -0.39 is 18.4 Å². The van der Waals surface area contributed by atoms with Crippen molar-refractivity contribution in [2.45, 2.75) is 86.0 Å². The third-order valence-corrected chi connectivity index (χ3v) is 19.2. The van der Waals surface area contributed by atoms with Gasteiger partial charge in [-0.05, 0) is 0 Å². The third-order valence-electron chi connectivity index (χ3n) is 4.19. The van der Waals surface area contributed by atoms with E-state index in [-0.39, 0.29) is 0 Å². The fourth-order valence-electron chi connectivity index (χ4n) is 2.86. The maximum absolute atomic E-state index is 5.93. The molecule has 0 aliphatic carbocycles. The van der Waals surface area contributed by atoms with Gasteiger partial charge < -0.3 is 0 Å². The Balaban J connectivity index is 4.77. The second-order valence-electron chi connectivity index (χ2n) is 5.80. The zero-order chi connectivity index (χ0) is 14.6. The molecule has 114 valence electrons. The molecule has 0 fully saturated rings. The monoisotopic (exact) mass is 376 g/mol. The van der Waals surface area contributed by atoms with Crippen LogP contribution in [0.3, 0.4) is 0 Å². The average molecular weight is 375 g/mol. The van der Waals surface area contributed by atoms with Crippen LogP contribution in [-0.2, 0) is 4.74 Å². The quantitative estimate of drug-likeness (QED) is 0.208. The van der Waals surface area contributed by atoms with E-state index in [9.17, 15) is 0 Å². The Morgan fingerprint density at radius 1 is 0.789 bits per heavy atom. The summed E-state index contributed by atoms with van der Waals surface area (Å²) in [6.45, 7) is 14.2. The van der Waals surface area contributed by atoms with Gasteiger partial charge in [0.05, 0.1) is 0 Å². The van der Waals surface area contributed by atoms with Crippen molar-refractivity contribution in [3.8, 4) is 0 Å². The average Bonchev–Trinajstić information content (AvgIpc) is 2.42. The van der Waals surface area contributed by atoms with Gasteiger partial charge in [0.25, 0.3) is 0 Å². The molecule has 19 heavy (non-hydrogen) atoms. The summed E-state index contributed by atoms with van der Waals surface area (Å²) in [5, 5.41) is 0. The van der Waals surface area contributed by atoms with Gasteiger partial charge in [0.15, 0.2) is 0 Å². The second kappa shape index (κ2) is 12.1. The Hall–Kier alpha value is 0.339. The van der Waals surface area contributed by atoms with Gasteiger partial charge in [0.2, 0.25) is 0 Å². The van der Waals surface area contributed by atoms with Gasteiger partial charge >= 0.3 is 126 Å². The van der Waals surface area contributed by atoms with E-state index in [4.69, 9.17) is 4.74 Å². The van der Waals surface area contributed by atoms with E-state index in [0.29, 0.717) is 0 Å². The van der Waals surface area contributed by atoms with Crippen LogP contribution < -0.4 is 0 Å². The Morgan fingerprint density at radius 2 is 1.26 bits per heavy atom. The topological polar surface area (TPSA) is 9.23 Å². The summed E-state index contributed by atoms with van der Waals surface area (Å²) in [6.07, 6.45) is 9.53. The Labute approximate surface area is 126 Å². The Kier molecular flexibility index (Phi) is 12.3. The molecule has 0 aliphatic rings. The normalized spacial score (nSPS) is 11.6. The van der Waals surface area contributed by atoms with Crippen molar-refractivity contribution in [2.24, 2.45) is 0 Å². The zero-order valence-electron chi connectivity index (χ0n) is 13.9. The molecule has 0 aromatic carbocycles. The fraction of sp³-hybridized carbons (Fsp3) is 0.882. The van der Waals surface area contributed by atoms with E-state index in [1.165, 1.54) is 62.0 Å². The molecule has 0 saturated heterocycles. The first kappa shape index (κ1) is 19.3. The molecule has 0 aromatic rings. The first-order valence-corrected chi connectivity index (χ1v) is 16.0. The molecule has 0 unspecified atom stereocenters. The van der Waals surface area contributed by atoms with Gasteiger partial charge in [-0.25, -0.2) is 0 Å². The number of rotatable bonds is 13. The van der Waals surface area contributed by atoms with Crippen LogP contribution in [0.25, 0.3) is 0 Å². The number of ether oxygens (including phenoxy) is 1. The van der Waals surface area contributed by atoms with Crippen LogP contribution in [-0.4, -0.2) is 25.0 Å². The van der Waals surface area contributed by atoms with Crippen molar-refractivity contribution in [1.29, 1.82) is 0 Å². The summed E-state index contributed by atoms with van der Waals surface area (Å²) in [4.78, 5) is 0. The summed E-state index contributed by atoms with van der Waals surface area (Å²) in [6, 6.07) is 0. The zero-order valence-corrected chi connectivity index (χ0v) is 16.7. The SMILES string of the molecule is C=[C](OCC)[Sn]([CH2]CCC)([CH2]CCC)[CH2]CCCC. The molecule has 0 spiro atoms. The molecule has 0 amide bonds. The first-order valence-electron chi connectivity index (χ1n) is 8.49. The van der Waals surface area contributed by atoms with Crippen molar-refractivity contribution in [1.82, 2.24) is 0 Å². The van der Waals surface area contributed by atoms with Crippen LogP contribution in [0.1, 0.15) is 72.6 Å². The van der Waals surface area contributed by atoms with Gasteiger partial charge in [0, 0.05) is 0 Å². The van der Waals surface area contributed by atoms with Crippen LogP contribution in [0, 0.1) is 0 Å². The van der Waals surface area contributed by atoms with Crippen molar-refractivity contribution in [2.75, 3.05) is 6.61 Å². The summed E-state index contributed by atoms with van der Waals surface area (Å²) in [7, 11) is 0. The standard InChI is InChI=1S/C5H11.C4H7O.2C4H9.Sn/c2*1-3-5-4-2;2*1-3-4-2;/h1,3-5H2,2H3;1,4H2,2H3;2*1,3-4H2,2H3;. The molecule has 0 radical (unpaired) electrons. The molecule has 2 heteroatoms. The van der Waals surface area contributed by atoms with Gasteiger partial charge in [0.1, 0.15) is 0 Å². The summed E-state index contributed by atoms with van der Waals surface area (Å²) < 4.78 is 11.6. The van der Waals surface area contributed by atoms with Crippen LogP contribution in [0.5, 0.6) is 0 Å². The molecule has 0 atom stereocenters. The predicted octanol–water partition coefficient (Wildman–Crippen LogP) is 6.32. The molecule has 0 N–H and O–H groups in total. The van der Waals surface area contributed by atoms with Gasteiger partial charge in [-0.1, -0.05) is 0 Å². The molecule has 0 saturated carbocycles. The molecule has 0 bridgehead atoms. The number of unbranched alkanes of at least 4 members (excludes halogenated alkanes) is 4. The van der Waals surface area contributed by atoms with Gasteiger partial charge in [-0.2, -0.15) is 0 Å².